The van der Waals surface area contributed by atoms with Crippen molar-refractivity contribution in [2.75, 3.05) is 12.4 Å². The highest BCUT2D eigenvalue weighted by atomic mass is 16.6. The van der Waals surface area contributed by atoms with E-state index in [2.05, 4.69) is 5.32 Å². The number of rotatable bonds is 7. The first-order valence-electron chi connectivity index (χ1n) is 8.15. The van der Waals surface area contributed by atoms with Crippen molar-refractivity contribution in [2.45, 2.75) is 20.0 Å². The number of hydrogen-bond donors (Lipinski definition) is 1. The molecule has 10 heteroatoms. The van der Waals surface area contributed by atoms with E-state index >= 15 is 0 Å². The van der Waals surface area contributed by atoms with Crippen molar-refractivity contribution in [2.24, 2.45) is 7.05 Å². The van der Waals surface area contributed by atoms with Crippen molar-refractivity contribution in [3.8, 4) is 5.75 Å². The Kier molecular flexibility index (Phi) is 6.14. The molecule has 0 saturated carbocycles. The lowest BCUT2D eigenvalue weighted by atomic mass is 10.2. The molecule has 148 valence electrons. The molecule has 0 radical (unpaired) electrons. The van der Waals surface area contributed by atoms with E-state index in [1.54, 1.807) is 7.05 Å². The van der Waals surface area contributed by atoms with E-state index in [0.29, 0.717) is 5.56 Å². The molecule has 0 spiro atoms. The zero-order chi connectivity index (χ0) is 21.0. The van der Waals surface area contributed by atoms with Gasteiger partial charge < -0.3 is 19.4 Å². The SMILES string of the molecule is COc1ccc(NC(=O)[C@H](C)OC(=O)c2cc(C(C)=O)cn2C)c([N+](=O)[O-])c1. The Balaban J connectivity index is 2.12. The highest BCUT2D eigenvalue weighted by Crippen LogP contribution is 2.29. The summed E-state index contributed by atoms with van der Waals surface area (Å²) in [5.74, 6) is -1.51. The first-order valence-corrected chi connectivity index (χ1v) is 8.15. The van der Waals surface area contributed by atoms with Crippen LogP contribution >= 0.6 is 0 Å². The van der Waals surface area contributed by atoms with E-state index in [1.165, 1.54) is 56.0 Å². The Morgan fingerprint density at radius 3 is 2.46 bits per heavy atom. The third kappa shape index (κ3) is 4.53. The number of aryl methyl sites for hydroxylation is 1. The van der Waals surface area contributed by atoms with Crippen LogP contribution < -0.4 is 10.1 Å². The van der Waals surface area contributed by atoms with Crippen molar-refractivity contribution in [3.05, 3.63) is 51.8 Å². The van der Waals surface area contributed by atoms with Crippen molar-refractivity contribution in [1.82, 2.24) is 4.57 Å². The van der Waals surface area contributed by atoms with Crippen LogP contribution in [0.1, 0.15) is 34.7 Å². The van der Waals surface area contributed by atoms with Gasteiger partial charge in [0, 0.05) is 18.8 Å². The molecule has 1 N–H and O–H groups in total. The maximum Gasteiger partial charge on any atom is 0.355 e. The van der Waals surface area contributed by atoms with Crippen molar-refractivity contribution >= 4 is 29.0 Å². The summed E-state index contributed by atoms with van der Waals surface area (Å²) in [7, 11) is 2.93. The predicted octanol–water partition coefficient (Wildman–Crippen LogP) is 2.33. The number of hydrogen-bond acceptors (Lipinski definition) is 7. The number of ketones is 1. The second-order valence-corrected chi connectivity index (χ2v) is 5.96. The first-order chi connectivity index (χ1) is 13.1. The van der Waals surface area contributed by atoms with Gasteiger partial charge in [-0.3, -0.25) is 19.7 Å². The van der Waals surface area contributed by atoms with E-state index in [0.717, 1.165) is 0 Å². The molecule has 1 atom stereocenters. The number of Topliss-reactive ketones (excluding diaryl/α,β-unsaturated/α-hetero) is 1. The molecule has 1 heterocycles. The zero-order valence-corrected chi connectivity index (χ0v) is 15.7. The largest absolute Gasteiger partial charge is 0.496 e. The van der Waals surface area contributed by atoms with Gasteiger partial charge in [-0.15, -0.1) is 0 Å². The van der Waals surface area contributed by atoms with Crippen LogP contribution in [0.15, 0.2) is 30.5 Å². The summed E-state index contributed by atoms with van der Waals surface area (Å²) >= 11 is 0. The van der Waals surface area contributed by atoms with E-state index in [9.17, 15) is 24.5 Å². The number of nitro groups is 1. The lowest BCUT2D eigenvalue weighted by Crippen LogP contribution is -2.30. The average molecular weight is 389 g/mol. The number of carbonyl (C=O) groups excluding carboxylic acids is 3. The maximum absolute atomic E-state index is 12.3. The number of aromatic nitrogens is 1. The number of ether oxygens (including phenoxy) is 2. The molecule has 0 aliphatic heterocycles. The summed E-state index contributed by atoms with van der Waals surface area (Å²) in [4.78, 5) is 46.5. The average Bonchev–Trinajstić information content (AvgIpc) is 3.03. The lowest BCUT2D eigenvalue weighted by Gasteiger charge is -2.14. The molecule has 1 aromatic heterocycles. The van der Waals surface area contributed by atoms with Gasteiger partial charge in [-0.05, 0) is 32.0 Å². The van der Waals surface area contributed by atoms with Gasteiger partial charge in [-0.2, -0.15) is 0 Å². The fourth-order valence-electron chi connectivity index (χ4n) is 2.36. The summed E-state index contributed by atoms with van der Waals surface area (Å²) in [6.07, 6.45) is 0.245. The minimum Gasteiger partial charge on any atom is -0.496 e. The lowest BCUT2D eigenvalue weighted by molar-refractivity contribution is -0.384. The fourth-order valence-corrected chi connectivity index (χ4v) is 2.36. The van der Waals surface area contributed by atoms with E-state index < -0.39 is 22.9 Å². The summed E-state index contributed by atoms with van der Waals surface area (Å²) < 4.78 is 11.5. The molecular weight excluding hydrogens is 370 g/mol. The number of nitrogens with one attached hydrogen (secondary N) is 1. The molecule has 0 bridgehead atoms. The molecule has 0 fully saturated rings. The smallest absolute Gasteiger partial charge is 0.355 e. The van der Waals surface area contributed by atoms with Crippen LogP contribution in [-0.2, 0) is 16.6 Å². The van der Waals surface area contributed by atoms with E-state index in [-0.39, 0.29) is 28.6 Å². The molecule has 1 amide bonds. The van der Waals surface area contributed by atoms with Gasteiger partial charge in [-0.25, -0.2) is 4.79 Å². The summed E-state index contributed by atoms with van der Waals surface area (Å²) in [6, 6.07) is 5.30. The molecule has 2 aromatic rings. The minimum absolute atomic E-state index is 0.0589. The summed E-state index contributed by atoms with van der Waals surface area (Å²) in [6.45, 7) is 2.69. The highest BCUT2D eigenvalue weighted by molar-refractivity contribution is 6.00. The predicted molar refractivity (Wildman–Crippen MR) is 98.6 cm³/mol. The number of benzene rings is 1. The van der Waals surface area contributed by atoms with Crippen LogP contribution in [0.3, 0.4) is 0 Å². The Morgan fingerprint density at radius 1 is 1.25 bits per heavy atom. The van der Waals surface area contributed by atoms with Crippen LogP contribution in [0.4, 0.5) is 11.4 Å². The number of carbonyl (C=O) groups is 3. The molecule has 1 aromatic carbocycles. The van der Waals surface area contributed by atoms with Gasteiger partial charge in [0.05, 0.1) is 18.1 Å². The number of esters is 1. The maximum atomic E-state index is 12.3. The van der Waals surface area contributed by atoms with Crippen LogP contribution in [0.5, 0.6) is 5.75 Å². The zero-order valence-electron chi connectivity index (χ0n) is 15.7. The Hall–Kier alpha value is -3.69. The number of anilines is 1. The van der Waals surface area contributed by atoms with Crippen LogP contribution in [0.2, 0.25) is 0 Å². The minimum atomic E-state index is -1.23. The van der Waals surface area contributed by atoms with Gasteiger partial charge in [0.2, 0.25) is 0 Å². The highest BCUT2D eigenvalue weighted by Gasteiger charge is 2.24. The quantitative estimate of drug-likeness (QED) is 0.333. The van der Waals surface area contributed by atoms with Gasteiger partial charge in [0.15, 0.2) is 11.9 Å². The second kappa shape index (κ2) is 8.33. The first kappa shape index (κ1) is 20.6. The van der Waals surface area contributed by atoms with Crippen LogP contribution in [-0.4, -0.2) is 40.4 Å². The molecule has 0 saturated heterocycles. The second-order valence-electron chi connectivity index (χ2n) is 5.96. The van der Waals surface area contributed by atoms with Crippen molar-refractivity contribution in [1.29, 1.82) is 0 Å². The number of amides is 1. The normalized spacial score (nSPS) is 11.4. The van der Waals surface area contributed by atoms with Crippen LogP contribution in [0, 0.1) is 10.1 Å². The number of nitro benzene ring substituents is 1. The van der Waals surface area contributed by atoms with Gasteiger partial charge in [0.25, 0.3) is 11.6 Å². The van der Waals surface area contributed by atoms with E-state index in [1.807, 2.05) is 0 Å². The molecule has 0 unspecified atom stereocenters. The molecule has 28 heavy (non-hydrogen) atoms. The molecule has 0 aliphatic carbocycles. The molecule has 10 nitrogen and oxygen atoms in total. The van der Waals surface area contributed by atoms with Crippen LogP contribution in [0.25, 0.3) is 0 Å². The number of methoxy groups -OCH3 is 1. The molecule has 2 rings (SSSR count). The fraction of sp³-hybridized carbons (Fsp3) is 0.278. The van der Waals surface area contributed by atoms with Gasteiger partial charge in [-0.1, -0.05) is 0 Å². The van der Waals surface area contributed by atoms with Gasteiger partial charge >= 0.3 is 5.97 Å². The Morgan fingerprint density at radius 2 is 1.93 bits per heavy atom. The summed E-state index contributed by atoms with van der Waals surface area (Å²) in [5, 5.41) is 13.5. The molecular formula is C18H19N3O7. The summed E-state index contributed by atoms with van der Waals surface area (Å²) in [5.41, 5.74) is 0.0110. The van der Waals surface area contributed by atoms with E-state index in [4.69, 9.17) is 9.47 Å². The topological polar surface area (TPSA) is 130 Å². The monoisotopic (exact) mass is 389 g/mol. The Bertz CT molecular complexity index is 949. The third-order valence-corrected chi connectivity index (χ3v) is 3.93. The standard InChI is InChI=1S/C18H19N3O7/c1-10(22)12-7-16(20(3)9-12)18(24)28-11(2)17(23)19-14-6-5-13(27-4)8-15(14)21(25)26/h5-9,11H,1-4H3,(H,19,23)/t11-/m0/s1. The molecule has 0 aliphatic rings. The Labute approximate surface area is 160 Å². The van der Waals surface area contributed by atoms with Crippen molar-refractivity contribution in [3.63, 3.8) is 0 Å². The van der Waals surface area contributed by atoms with Crippen molar-refractivity contribution < 1.29 is 28.8 Å². The van der Waals surface area contributed by atoms with Gasteiger partial charge in [0.1, 0.15) is 17.1 Å². The number of nitrogens with zero attached hydrogens (tertiary/aromatic N) is 2. The third-order valence-electron chi connectivity index (χ3n) is 3.93.